The molecule has 0 aliphatic heterocycles. The van der Waals surface area contributed by atoms with Gasteiger partial charge in [-0.25, -0.2) is 0 Å². The summed E-state index contributed by atoms with van der Waals surface area (Å²) in [5.41, 5.74) is 2.20. The first-order valence-electron chi connectivity index (χ1n) is 6.15. The molecule has 0 saturated heterocycles. The zero-order valence-electron chi connectivity index (χ0n) is 11.5. The van der Waals surface area contributed by atoms with Crippen LogP contribution in [-0.4, -0.2) is 19.4 Å². The molecule has 1 N–H and O–H groups in total. The molecule has 1 atom stereocenters. The van der Waals surface area contributed by atoms with Crippen molar-refractivity contribution in [2.24, 2.45) is 5.92 Å². The molecule has 0 spiro atoms. The topological polar surface area (TPSA) is 29.1 Å². The van der Waals surface area contributed by atoms with Gasteiger partial charge in [0.2, 0.25) is 0 Å². The Balaban J connectivity index is 2.84. The van der Waals surface area contributed by atoms with Crippen molar-refractivity contribution in [1.82, 2.24) is 5.32 Å². The average Bonchev–Trinajstić information content (AvgIpc) is 2.27. The van der Waals surface area contributed by atoms with Gasteiger partial charge >= 0.3 is 0 Å². The fourth-order valence-corrected chi connectivity index (χ4v) is 1.82. The molecule has 17 heavy (non-hydrogen) atoms. The van der Waals surface area contributed by atoms with Crippen molar-refractivity contribution in [2.75, 3.05) is 13.6 Å². The Kier molecular flexibility index (Phi) is 4.47. The van der Waals surface area contributed by atoms with Crippen LogP contribution >= 0.6 is 0 Å². The van der Waals surface area contributed by atoms with Gasteiger partial charge < -0.3 is 5.32 Å². The lowest BCUT2D eigenvalue weighted by atomic mass is 9.86. The Morgan fingerprint density at radius 2 is 1.76 bits per heavy atom. The predicted octanol–water partition coefficient (Wildman–Crippen LogP) is 3.02. The van der Waals surface area contributed by atoms with E-state index in [9.17, 15) is 4.79 Å². The van der Waals surface area contributed by atoms with Crippen molar-refractivity contribution in [2.45, 2.75) is 33.1 Å². The lowest BCUT2D eigenvalue weighted by Gasteiger charge is -2.19. The summed E-state index contributed by atoms with van der Waals surface area (Å²) < 4.78 is 0. The molecule has 1 rings (SSSR count). The van der Waals surface area contributed by atoms with Crippen LogP contribution in [0, 0.1) is 5.92 Å². The van der Waals surface area contributed by atoms with Crippen molar-refractivity contribution >= 4 is 5.78 Å². The van der Waals surface area contributed by atoms with Crippen LogP contribution in [0.15, 0.2) is 24.3 Å². The number of carbonyl (C=O) groups excluding carboxylic acids is 1. The highest BCUT2D eigenvalue weighted by Gasteiger charge is 2.17. The zero-order chi connectivity index (χ0) is 13.1. The fraction of sp³-hybridized carbons (Fsp3) is 0.533. The molecular formula is C15H23NO. The van der Waals surface area contributed by atoms with Crippen molar-refractivity contribution in [3.8, 4) is 0 Å². The largest absolute Gasteiger partial charge is 0.319 e. The van der Waals surface area contributed by atoms with Gasteiger partial charge in [-0.3, -0.25) is 4.79 Å². The van der Waals surface area contributed by atoms with E-state index < -0.39 is 0 Å². The molecule has 2 nitrogen and oxygen atoms in total. The summed E-state index contributed by atoms with van der Waals surface area (Å²) in [7, 11) is 1.87. The van der Waals surface area contributed by atoms with E-state index in [-0.39, 0.29) is 17.1 Å². The number of rotatable bonds is 4. The summed E-state index contributed by atoms with van der Waals surface area (Å²) in [6.45, 7) is 9.20. The third kappa shape index (κ3) is 3.67. The summed E-state index contributed by atoms with van der Waals surface area (Å²) in [4.78, 5) is 12.1. The van der Waals surface area contributed by atoms with Crippen LogP contribution in [0.5, 0.6) is 0 Å². The predicted molar refractivity (Wildman–Crippen MR) is 72.6 cm³/mol. The number of benzene rings is 1. The SMILES string of the molecule is CNCC(C)C(=O)c1ccc(C(C)(C)C)cc1. The van der Waals surface area contributed by atoms with E-state index in [2.05, 4.69) is 38.2 Å². The summed E-state index contributed by atoms with van der Waals surface area (Å²) in [5.74, 6) is 0.236. The number of Topliss-reactive ketones (excluding diaryl/α,β-unsaturated/α-hetero) is 1. The molecule has 0 amide bonds. The monoisotopic (exact) mass is 233 g/mol. The molecule has 0 fully saturated rings. The van der Waals surface area contributed by atoms with E-state index in [4.69, 9.17) is 0 Å². The van der Waals surface area contributed by atoms with Crippen molar-refractivity contribution < 1.29 is 4.79 Å². The Labute approximate surface area is 104 Å². The zero-order valence-corrected chi connectivity index (χ0v) is 11.5. The van der Waals surface area contributed by atoms with Gasteiger partial charge in [-0.15, -0.1) is 0 Å². The molecule has 1 aromatic rings. The van der Waals surface area contributed by atoms with Gasteiger partial charge in [0, 0.05) is 18.0 Å². The molecule has 0 bridgehead atoms. The van der Waals surface area contributed by atoms with Crippen LogP contribution in [0.1, 0.15) is 43.6 Å². The van der Waals surface area contributed by atoms with Crippen LogP contribution in [0.2, 0.25) is 0 Å². The molecule has 0 aromatic heterocycles. The average molecular weight is 233 g/mol. The van der Waals surface area contributed by atoms with Gasteiger partial charge in [0.1, 0.15) is 0 Å². The number of hydrogen-bond acceptors (Lipinski definition) is 2. The number of ketones is 1. The first-order valence-corrected chi connectivity index (χ1v) is 6.15. The second kappa shape index (κ2) is 5.46. The minimum absolute atomic E-state index is 0.0282. The Morgan fingerprint density at radius 3 is 2.18 bits per heavy atom. The summed E-state index contributed by atoms with van der Waals surface area (Å²) >= 11 is 0. The number of carbonyl (C=O) groups is 1. The second-order valence-electron chi connectivity index (χ2n) is 5.65. The van der Waals surface area contributed by atoms with Crippen LogP contribution in [0.4, 0.5) is 0 Å². The second-order valence-corrected chi connectivity index (χ2v) is 5.65. The van der Waals surface area contributed by atoms with Crippen molar-refractivity contribution in [3.63, 3.8) is 0 Å². The summed E-state index contributed by atoms with van der Waals surface area (Å²) in [5, 5.41) is 3.03. The van der Waals surface area contributed by atoms with Gasteiger partial charge in [-0.05, 0) is 18.0 Å². The molecule has 2 heteroatoms. The lowest BCUT2D eigenvalue weighted by Crippen LogP contribution is -2.23. The first kappa shape index (κ1) is 13.9. The molecule has 94 valence electrons. The molecule has 1 unspecified atom stereocenters. The lowest BCUT2D eigenvalue weighted by molar-refractivity contribution is 0.0930. The van der Waals surface area contributed by atoms with Gasteiger partial charge in [-0.1, -0.05) is 52.0 Å². The molecule has 1 aromatic carbocycles. The highest BCUT2D eigenvalue weighted by molar-refractivity contribution is 5.97. The third-order valence-electron chi connectivity index (χ3n) is 2.99. The van der Waals surface area contributed by atoms with E-state index in [0.717, 1.165) is 12.1 Å². The van der Waals surface area contributed by atoms with Crippen molar-refractivity contribution in [1.29, 1.82) is 0 Å². The Bertz CT molecular complexity index is 373. The number of nitrogens with one attached hydrogen (secondary N) is 1. The van der Waals surface area contributed by atoms with Crippen LogP contribution in [0.25, 0.3) is 0 Å². The smallest absolute Gasteiger partial charge is 0.166 e. The third-order valence-corrected chi connectivity index (χ3v) is 2.99. The van der Waals surface area contributed by atoms with Crippen LogP contribution in [-0.2, 0) is 5.41 Å². The molecule has 0 radical (unpaired) electrons. The van der Waals surface area contributed by atoms with E-state index >= 15 is 0 Å². The van der Waals surface area contributed by atoms with Gasteiger partial charge in [0.05, 0.1) is 0 Å². The van der Waals surface area contributed by atoms with E-state index in [1.54, 1.807) is 0 Å². The maximum Gasteiger partial charge on any atom is 0.166 e. The molecule has 0 saturated carbocycles. The van der Waals surface area contributed by atoms with Gasteiger partial charge in [-0.2, -0.15) is 0 Å². The Morgan fingerprint density at radius 1 is 1.24 bits per heavy atom. The molecule has 0 aliphatic carbocycles. The molecule has 0 heterocycles. The standard InChI is InChI=1S/C15H23NO/c1-11(10-16-5)14(17)12-6-8-13(9-7-12)15(2,3)4/h6-9,11,16H,10H2,1-5H3. The van der Waals surface area contributed by atoms with E-state index in [0.29, 0.717) is 0 Å². The van der Waals surface area contributed by atoms with Gasteiger partial charge in [0.15, 0.2) is 5.78 Å². The summed E-state index contributed by atoms with van der Waals surface area (Å²) in [6.07, 6.45) is 0. The first-order chi connectivity index (χ1) is 7.86. The molecular weight excluding hydrogens is 210 g/mol. The highest BCUT2D eigenvalue weighted by atomic mass is 16.1. The maximum atomic E-state index is 12.1. The van der Waals surface area contributed by atoms with Crippen LogP contribution < -0.4 is 5.32 Å². The van der Waals surface area contributed by atoms with Crippen molar-refractivity contribution in [3.05, 3.63) is 35.4 Å². The Hall–Kier alpha value is -1.15. The minimum Gasteiger partial charge on any atom is -0.319 e. The number of hydrogen-bond donors (Lipinski definition) is 1. The quantitative estimate of drug-likeness (QED) is 0.810. The fourth-order valence-electron chi connectivity index (χ4n) is 1.82. The maximum absolute atomic E-state index is 12.1. The normalized spacial score (nSPS) is 13.5. The summed E-state index contributed by atoms with van der Waals surface area (Å²) in [6, 6.07) is 7.99. The highest BCUT2D eigenvalue weighted by Crippen LogP contribution is 2.22. The minimum atomic E-state index is 0.0282. The van der Waals surface area contributed by atoms with Gasteiger partial charge in [0.25, 0.3) is 0 Å². The van der Waals surface area contributed by atoms with Crippen LogP contribution in [0.3, 0.4) is 0 Å². The van der Waals surface area contributed by atoms with E-state index in [1.165, 1.54) is 5.56 Å². The molecule has 0 aliphatic rings. The van der Waals surface area contributed by atoms with E-state index in [1.807, 2.05) is 26.1 Å².